The lowest BCUT2D eigenvalue weighted by Gasteiger charge is -2.26. The van der Waals surface area contributed by atoms with Crippen molar-refractivity contribution in [1.82, 2.24) is 14.7 Å². The maximum Gasteiger partial charge on any atom is 0.307 e. The van der Waals surface area contributed by atoms with Gasteiger partial charge < -0.3 is 33.6 Å². The normalized spacial score (nSPS) is 13.2. The quantitative estimate of drug-likeness (QED) is 0.0205. The van der Waals surface area contributed by atoms with Crippen molar-refractivity contribution in [1.29, 1.82) is 0 Å². The predicted octanol–water partition coefficient (Wildman–Crippen LogP) is 18.0. The lowest BCUT2D eigenvalue weighted by Crippen LogP contribution is -2.35. The second-order valence-electron chi connectivity index (χ2n) is 22.7. The summed E-state index contributed by atoms with van der Waals surface area (Å²) in [5, 5.41) is 0. The fourth-order valence-corrected chi connectivity index (χ4v) is 16.1. The Hall–Kier alpha value is -0.140. The molecule has 0 aliphatic carbocycles. The summed E-state index contributed by atoms with van der Waals surface area (Å²) >= 11 is 8.16. The van der Waals surface area contributed by atoms with Crippen LogP contribution in [0.1, 0.15) is 267 Å². The van der Waals surface area contributed by atoms with Gasteiger partial charge in [0.15, 0.2) is 0 Å². The third-order valence-corrected chi connectivity index (χ3v) is 22.2. The van der Waals surface area contributed by atoms with Crippen LogP contribution in [-0.4, -0.2) is 163 Å². The van der Waals surface area contributed by atoms with Crippen molar-refractivity contribution in [2.24, 2.45) is 0 Å². The maximum atomic E-state index is 13.3. The standard InChI is InChI=1S/C65H127N3O8S6/c1-9-16-19-22-25-28-31-34-51-78-55-59(13-5)74-63(70)40-48-68(49-41-64(71)75-60(14-6)56-79-52-35-32-29-26-23-20-17-10-2)46-38-44-66(8)43-37-45-67(47-39-62(69)73-58(12-4)54-77)50-42-65(72)76-61(15-7)57-81-82-80-53-36-33-30-27-24-21-18-11-3/h58-61,77H,9-57H2,1-8H3. The largest absolute Gasteiger partial charge is 0.461 e. The fourth-order valence-electron chi connectivity index (χ4n) is 9.42. The summed E-state index contributed by atoms with van der Waals surface area (Å²) in [4.78, 5) is 59.4. The third kappa shape index (κ3) is 54.0. The number of rotatable bonds is 64. The number of carbonyl (C=O) groups is 4. The SMILES string of the molecule is CCCCCCCCCCSCC(CC)OC(=O)CCN(CCCN(C)CCCN(CCC(=O)OC(CC)CS)CCC(=O)OC(CC)CSSSCCCCCCCCCC)CCC(=O)OC(CC)CSCCCCCCCCCC. The lowest BCUT2D eigenvalue weighted by molar-refractivity contribution is -0.150. The molecule has 11 nitrogen and oxygen atoms in total. The average molecular weight is 1270 g/mol. The van der Waals surface area contributed by atoms with E-state index in [-0.39, 0.29) is 74.0 Å². The number of thioether (sulfide) groups is 2. The molecule has 0 aliphatic rings. The number of unbranched alkanes of at least 4 members (excludes halogenated alkanes) is 21. The first kappa shape index (κ1) is 81.9. The summed E-state index contributed by atoms with van der Waals surface area (Å²) in [6, 6.07) is 0. The van der Waals surface area contributed by atoms with Gasteiger partial charge in [0.25, 0.3) is 0 Å². The topological polar surface area (TPSA) is 115 Å². The fraction of sp³-hybridized carbons (Fsp3) is 0.938. The number of ether oxygens (including phenoxy) is 4. The van der Waals surface area contributed by atoms with Gasteiger partial charge in [-0.25, -0.2) is 0 Å². The van der Waals surface area contributed by atoms with Gasteiger partial charge in [-0.15, -0.1) is 0 Å². The highest BCUT2D eigenvalue weighted by atomic mass is 33.5. The van der Waals surface area contributed by atoms with Gasteiger partial charge >= 0.3 is 23.9 Å². The molecule has 4 atom stereocenters. The van der Waals surface area contributed by atoms with Crippen molar-refractivity contribution in [2.45, 2.75) is 291 Å². The Morgan fingerprint density at radius 3 is 0.988 bits per heavy atom. The molecule has 0 fully saturated rings. The van der Waals surface area contributed by atoms with Crippen molar-refractivity contribution in [3.05, 3.63) is 0 Å². The van der Waals surface area contributed by atoms with Crippen LogP contribution in [0.2, 0.25) is 0 Å². The Labute approximate surface area is 531 Å². The summed E-state index contributed by atoms with van der Waals surface area (Å²) in [7, 11) is 7.64. The highest BCUT2D eigenvalue weighted by Crippen LogP contribution is 2.36. The predicted molar refractivity (Wildman–Crippen MR) is 368 cm³/mol. The lowest BCUT2D eigenvalue weighted by atomic mass is 10.1. The molecule has 4 unspecified atom stereocenters. The molecule has 82 heavy (non-hydrogen) atoms. The number of thiol groups is 1. The summed E-state index contributed by atoms with van der Waals surface area (Å²) < 4.78 is 23.7. The van der Waals surface area contributed by atoms with Crippen LogP contribution in [-0.2, 0) is 38.1 Å². The molecule has 0 saturated heterocycles. The Bertz CT molecular complexity index is 1390. The Morgan fingerprint density at radius 2 is 0.659 bits per heavy atom. The highest BCUT2D eigenvalue weighted by Gasteiger charge is 2.20. The van der Waals surface area contributed by atoms with Crippen molar-refractivity contribution < 1.29 is 38.1 Å². The van der Waals surface area contributed by atoms with Crippen LogP contribution < -0.4 is 0 Å². The van der Waals surface area contributed by atoms with E-state index in [9.17, 15) is 19.2 Å². The second kappa shape index (κ2) is 62.5. The van der Waals surface area contributed by atoms with Crippen LogP contribution >= 0.6 is 67.6 Å². The molecule has 486 valence electrons. The first-order valence-electron chi connectivity index (χ1n) is 33.6. The van der Waals surface area contributed by atoms with E-state index in [1.165, 1.54) is 154 Å². The molecule has 0 aromatic carbocycles. The van der Waals surface area contributed by atoms with Gasteiger partial charge in [-0.3, -0.25) is 19.2 Å². The van der Waals surface area contributed by atoms with Crippen LogP contribution in [0.5, 0.6) is 0 Å². The second-order valence-corrected chi connectivity index (χ2v) is 29.8. The summed E-state index contributed by atoms with van der Waals surface area (Å²) in [5.74, 6) is 5.54. The van der Waals surface area contributed by atoms with Crippen molar-refractivity contribution >= 4 is 91.4 Å². The summed E-state index contributed by atoms with van der Waals surface area (Å²) in [5.41, 5.74) is 0. The van der Waals surface area contributed by atoms with Gasteiger partial charge in [0.2, 0.25) is 0 Å². The number of hydrogen-bond donors (Lipinski definition) is 1. The zero-order valence-corrected chi connectivity index (χ0v) is 59.0. The number of hydrogen-bond acceptors (Lipinski definition) is 17. The van der Waals surface area contributed by atoms with E-state index in [1.807, 2.05) is 51.1 Å². The van der Waals surface area contributed by atoms with Gasteiger partial charge in [-0.2, -0.15) is 36.2 Å². The van der Waals surface area contributed by atoms with E-state index in [1.54, 1.807) is 10.8 Å². The summed E-state index contributed by atoms with van der Waals surface area (Å²) in [6.07, 6.45) is 37.1. The van der Waals surface area contributed by atoms with Crippen LogP contribution in [0, 0.1) is 0 Å². The number of esters is 4. The molecule has 0 radical (unpaired) electrons. The third-order valence-electron chi connectivity index (χ3n) is 15.1. The van der Waals surface area contributed by atoms with Crippen LogP contribution in [0.25, 0.3) is 0 Å². The van der Waals surface area contributed by atoms with E-state index < -0.39 is 0 Å². The molecule has 0 spiro atoms. The zero-order valence-electron chi connectivity index (χ0n) is 54.1. The van der Waals surface area contributed by atoms with Crippen molar-refractivity contribution in [3.8, 4) is 0 Å². The molecule has 0 aromatic heterocycles. The Kier molecular flexibility index (Phi) is 62.4. The molecular formula is C65H127N3O8S6. The zero-order chi connectivity index (χ0) is 60.4. The van der Waals surface area contributed by atoms with Crippen molar-refractivity contribution in [3.63, 3.8) is 0 Å². The monoisotopic (exact) mass is 1270 g/mol. The smallest absolute Gasteiger partial charge is 0.307 e. The van der Waals surface area contributed by atoms with Gasteiger partial charge in [0.05, 0.1) is 25.7 Å². The van der Waals surface area contributed by atoms with Crippen LogP contribution in [0.4, 0.5) is 0 Å². The molecule has 0 aliphatic heterocycles. The minimum Gasteiger partial charge on any atom is -0.461 e. The van der Waals surface area contributed by atoms with E-state index in [2.05, 4.69) is 75.9 Å². The molecule has 0 rings (SSSR count). The molecule has 0 aromatic rings. The van der Waals surface area contributed by atoms with E-state index >= 15 is 0 Å². The van der Waals surface area contributed by atoms with Gasteiger partial charge in [0, 0.05) is 54.9 Å². The number of carbonyl (C=O) groups excluding carboxylic acids is 4. The Balaban J connectivity index is 5.36. The minimum absolute atomic E-state index is 0.0852. The van der Waals surface area contributed by atoms with Crippen molar-refractivity contribution in [2.75, 3.05) is 99.7 Å². The molecule has 0 saturated carbocycles. The average Bonchev–Trinajstić information content (AvgIpc) is 3.47. The molecule has 0 bridgehead atoms. The molecule has 17 heteroatoms. The van der Waals surface area contributed by atoms with Gasteiger partial charge in [-0.1, -0.05) is 205 Å². The highest BCUT2D eigenvalue weighted by molar-refractivity contribution is 9.09. The first-order chi connectivity index (χ1) is 40.0. The summed E-state index contributed by atoms with van der Waals surface area (Å²) in [6.45, 7) is 20.3. The maximum absolute atomic E-state index is 13.3. The van der Waals surface area contributed by atoms with Gasteiger partial charge in [0.1, 0.15) is 24.4 Å². The van der Waals surface area contributed by atoms with E-state index in [0.29, 0.717) is 31.9 Å². The molecular weight excluding hydrogens is 1140 g/mol. The molecule has 0 heterocycles. The van der Waals surface area contributed by atoms with Crippen LogP contribution in [0.3, 0.4) is 0 Å². The molecule has 0 N–H and O–H groups in total. The van der Waals surface area contributed by atoms with E-state index in [4.69, 9.17) is 18.9 Å². The van der Waals surface area contributed by atoms with Crippen LogP contribution in [0.15, 0.2) is 0 Å². The van der Waals surface area contributed by atoms with E-state index in [0.717, 1.165) is 99.2 Å². The number of nitrogens with zero attached hydrogens (tertiary/aromatic N) is 3. The Morgan fingerprint density at radius 1 is 0.354 bits per heavy atom. The molecule has 0 amide bonds. The minimum atomic E-state index is -0.236. The van der Waals surface area contributed by atoms with Gasteiger partial charge in [-0.05, 0) is 112 Å². The first-order valence-corrected chi connectivity index (χ1v) is 40.3.